The topological polar surface area (TPSA) is 49.9 Å². The first kappa shape index (κ1) is 19.3. The molecule has 5 nitrogen and oxygen atoms in total. The van der Waals surface area contributed by atoms with Crippen molar-refractivity contribution in [3.63, 3.8) is 0 Å². The molecule has 0 N–H and O–H groups in total. The van der Waals surface area contributed by atoms with Crippen molar-refractivity contribution in [2.75, 3.05) is 32.8 Å². The number of amides is 2. The zero-order valence-electron chi connectivity index (χ0n) is 15.7. The summed E-state index contributed by atoms with van der Waals surface area (Å²) in [6.07, 6.45) is 2.05. The van der Waals surface area contributed by atoms with Crippen LogP contribution in [0.1, 0.15) is 38.7 Å². The summed E-state index contributed by atoms with van der Waals surface area (Å²) >= 11 is 0. The van der Waals surface area contributed by atoms with Crippen LogP contribution in [0, 0.1) is 12.8 Å². The van der Waals surface area contributed by atoms with E-state index in [9.17, 15) is 9.59 Å². The van der Waals surface area contributed by atoms with Crippen molar-refractivity contribution in [3.8, 4) is 5.75 Å². The van der Waals surface area contributed by atoms with E-state index in [1.165, 1.54) is 5.56 Å². The van der Waals surface area contributed by atoms with Gasteiger partial charge in [0.25, 0.3) is 0 Å². The van der Waals surface area contributed by atoms with Gasteiger partial charge in [-0.1, -0.05) is 31.5 Å². The normalized spacial score (nSPS) is 15.2. The number of rotatable bonds is 6. The van der Waals surface area contributed by atoms with Gasteiger partial charge in [-0.3, -0.25) is 9.59 Å². The van der Waals surface area contributed by atoms with Gasteiger partial charge in [-0.05, 0) is 31.9 Å². The van der Waals surface area contributed by atoms with Crippen LogP contribution < -0.4 is 4.74 Å². The Morgan fingerprint density at radius 3 is 2.36 bits per heavy atom. The molecule has 2 rings (SSSR count). The van der Waals surface area contributed by atoms with Crippen LogP contribution in [-0.2, 0) is 9.59 Å². The molecule has 1 aliphatic heterocycles. The summed E-state index contributed by atoms with van der Waals surface area (Å²) in [4.78, 5) is 28.3. The predicted molar refractivity (Wildman–Crippen MR) is 98.5 cm³/mol. The molecule has 0 saturated carbocycles. The van der Waals surface area contributed by atoms with Crippen molar-refractivity contribution in [3.05, 3.63) is 29.8 Å². The number of nitrogens with zero attached hydrogens (tertiary/aromatic N) is 2. The van der Waals surface area contributed by atoms with Crippen LogP contribution in [0.5, 0.6) is 5.75 Å². The third-order valence-electron chi connectivity index (χ3n) is 4.48. The summed E-state index contributed by atoms with van der Waals surface area (Å²) in [5.41, 5.74) is 1.20. The second kappa shape index (κ2) is 9.44. The Balaban J connectivity index is 1.70. The summed E-state index contributed by atoms with van der Waals surface area (Å²) in [5, 5.41) is 0. The van der Waals surface area contributed by atoms with Gasteiger partial charge in [0.2, 0.25) is 11.8 Å². The highest BCUT2D eigenvalue weighted by atomic mass is 16.5. The lowest BCUT2D eigenvalue weighted by atomic mass is 10.2. The average molecular weight is 346 g/mol. The first-order valence-corrected chi connectivity index (χ1v) is 9.23. The molecule has 1 aromatic carbocycles. The van der Waals surface area contributed by atoms with E-state index < -0.39 is 0 Å². The average Bonchev–Trinajstić information content (AvgIpc) is 2.85. The van der Waals surface area contributed by atoms with Crippen LogP contribution in [-0.4, -0.2) is 54.4 Å². The number of carbonyl (C=O) groups is 2. The van der Waals surface area contributed by atoms with E-state index in [0.717, 1.165) is 25.3 Å². The Morgan fingerprint density at radius 1 is 1.04 bits per heavy atom. The fourth-order valence-corrected chi connectivity index (χ4v) is 2.96. The molecule has 1 heterocycles. The van der Waals surface area contributed by atoms with Gasteiger partial charge in [0.1, 0.15) is 5.75 Å². The fourth-order valence-electron chi connectivity index (χ4n) is 2.96. The van der Waals surface area contributed by atoms with Crippen molar-refractivity contribution >= 4 is 11.8 Å². The van der Waals surface area contributed by atoms with Gasteiger partial charge < -0.3 is 14.5 Å². The molecular formula is C20H30N2O3. The van der Waals surface area contributed by atoms with Gasteiger partial charge in [-0.25, -0.2) is 0 Å². The molecule has 0 aliphatic carbocycles. The molecule has 2 amide bonds. The molecule has 0 radical (unpaired) electrons. The predicted octanol–water partition coefficient (Wildman–Crippen LogP) is 2.87. The highest BCUT2D eigenvalue weighted by Gasteiger charge is 2.23. The zero-order valence-corrected chi connectivity index (χ0v) is 15.7. The fraction of sp³-hybridized carbons (Fsp3) is 0.600. The Morgan fingerprint density at radius 2 is 1.68 bits per heavy atom. The number of benzene rings is 1. The lowest BCUT2D eigenvalue weighted by molar-refractivity contribution is -0.135. The maximum absolute atomic E-state index is 12.4. The summed E-state index contributed by atoms with van der Waals surface area (Å²) in [5.74, 6) is 1.20. The van der Waals surface area contributed by atoms with Crippen molar-refractivity contribution in [1.29, 1.82) is 0 Å². The monoisotopic (exact) mass is 346 g/mol. The van der Waals surface area contributed by atoms with Crippen molar-refractivity contribution in [1.82, 2.24) is 9.80 Å². The number of ether oxygens (including phenoxy) is 1. The molecule has 0 bridgehead atoms. The van der Waals surface area contributed by atoms with Crippen LogP contribution in [0.15, 0.2) is 24.3 Å². The molecule has 1 saturated heterocycles. The zero-order chi connectivity index (χ0) is 18.2. The van der Waals surface area contributed by atoms with E-state index >= 15 is 0 Å². The minimum Gasteiger partial charge on any atom is -0.494 e. The highest BCUT2D eigenvalue weighted by molar-refractivity contribution is 5.79. The van der Waals surface area contributed by atoms with Gasteiger partial charge >= 0.3 is 0 Å². The molecular weight excluding hydrogens is 316 g/mol. The third-order valence-corrected chi connectivity index (χ3v) is 4.48. The number of hydrogen-bond acceptors (Lipinski definition) is 3. The van der Waals surface area contributed by atoms with E-state index in [4.69, 9.17) is 4.74 Å². The second-order valence-corrected chi connectivity index (χ2v) is 6.98. The Hall–Kier alpha value is -2.04. The summed E-state index contributed by atoms with van der Waals surface area (Å²) in [6, 6.07) is 7.93. The van der Waals surface area contributed by atoms with Crippen LogP contribution in [0.2, 0.25) is 0 Å². The molecule has 5 heteroatoms. The van der Waals surface area contributed by atoms with Gasteiger partial charge in [-0.2, -0.15) is 0 Å². The van der Waals surface area contributed by atoms with Crippen LogP contribution in [0.3, 0.4) is 0 Å². The molecule has 25 heavy (non-hydrogen) atoms. The van der Waals surface area contributed by atoms with Gasteiger partial charge in [-0.15, -0.1) is 0 Å². The van der Waals surface area contributed by atoms with Crippen LogP contribution >= 0.6 is 0 Å². The quantitative estimate of drug-likeness (QED) is 0.744. The minimum atomic E-state index is 0.0150. The SMILES string of the molecule is Cc1ccc(OCCCC(=O)N2CCCN(C(=O)C(C)C)CC2)cc1. The van der Waals surface area contributed by atoms with E-state index in [2.05, 4.69) is 0 Å². The number of carbonyl (C=O) groups excluding carboxylic acids is 2. The molecule has 0 spiro atoms. The minimum absolute atomic E-state index is 0.0150. The first-order chi connectivity index (χ1) is 12.0. The van der Waals surface area contributed by atoms with E-state index in [1.54, 1.807) is 0 Å². The summed E-state index contributed by atoms with van der Waals surface area (Å²) in [6.45, 7) is 9.18. The Bertz CT molecular complexity index is 569. The maximum atomic E-state index is 12.4. The molecule has 1 fully saturated rings. The Kier molecular flexibility index (Phi) is 7.29. The van der Waals surface area contributed by atoms with Crippen molar-refractivity contribution in [2.24, 2.45) is 5.92 Å². The van der Waals surface area contributed by atoms with Gasteiger partial charge in [0.15, 0.2) is 0 Å². The summed E-state index contributed by atoms with van der Waals surface area (Å²) < 4.78 is 5.67. The molecule has 0 aromatic heterocycles. The largest absolute Gasteiger partial charge is 0.494 e. The van der Waals surface area contributed by atoms with Crippen molar-refractivity contribution < 1.29 is 14.3 Å². The van der Waals surface area contributed by atoms with Crippen molar-refractivity contribution in [2.45, 2.75) is 40.0 Å². The molecule has 0 unspecified atom stereocenters. The first-order valence-electron chi connectivity index (χ1n) is 9.23. The lowest BCUT2D eigenvalue weighted by Gasteiger charge is -2.23. The molecule has 0 atom stereocenters. The Labute approximate surface area is 150 Å². The number of hydrogen-bond donors (Lipinski definition) is 0. The van der Waals surface area contributed by atoms with Crippen LogP contribution in [0.25, 0.3) is 0 Å². The highest BCUT2D eigenvalue weighted by Crippen LogP contribution is 2.13. The second-order valence-electron chi connectivity index (χ2n) is 6.98. The lowest BCUT2D eigenvalue weighted by Crippen LogP contribution is -2.38. The summed E-state index contributed by atoms with van der Waals surface area (Å²) in [7, 11) is 0. The number of aryl methyl sites for hydroxylation is 1. The standard InChI is InChI=1S/C20H30N2O3/c1-16(2)20(24)22-12-5-11-21(13-14-22)19(23)6-4-15-25-18-9-7-17(3)8-10-18/h7-10,16H,4-6,11-15H2,1-3H3. The van der Waals surface area contributed by atoms with E-state index in [1.807, 2.05) is 54.8 Å². The third kappa shape index (κ3) is 6.07. The molecule has 1 aromatic rings. The van der Waals surface area contributed by atoms with Gasteiger partial charge in [0.05, 0.1) is 6.61 Å². The maximum Gasteiger partial charge on any atom is 0.225 e. The smallest absolute Gasteiger partial charge is 0.225 e. The van der Waals surface area contributed by atoms with E-state index in [0.29, 0.717) is 32.5 Å². The van der Waals surface area contributed by atoms with Crippen LogP contribution in [0.4, 0.5) is 0 Å². The molecule has 138 valence electrons. The van der Waals surface area contributed by atoms with E-state index in [-0.39, 0.29) is 17.7 Å². The molecule has 1 aliphatic rings. The van der Waals surface area contributed by atoms with Gasteiger partial charge in [0, 0.05) is 38.5 Å².